The smallest absolute Gasteiger partial charge is 0.335 e. The minimum atomic E-state index is -0.892. The monoisotopic (exact) mass is 255 g/mol. The molecule has 0 bridgehead atoms. The largest absolute Gasteiger partial charge is 0.478 e. The molecule has 0 saturated carbocycles. The van der Waals surface area contributed by atoms with E-state index < -0.39 is 5.97 Å². The highest BCUT2D eigenvalue weighted by Crippen LogP contribution is 2.14. The van der Waals surface area contributed by atoms with E-state index in [9.17, 15) is 4.79 Å². The minimum Gasteiger partial charge on any atom is -0.478 e. The summed E-state index contributed by atoms with van der Waals surface area (Å²) in [5.41, 5.74) is 3.80. The van der Waals surface area contributed by atoms with Gasteiger partial charge in [-0.3, -0.25) is 0 Å². The topological polar surface area (TPSA) is 49.3 Å². The highest BCUT2D eigenvalue weighted by molar-refractivity contribution is 5.87. The van der Waals surface area contributed by atoms with Gasteiger partial charge in [0, 0.05) is 12.2 Å². The van der Waals surface area contributed by atoms with Crippen molar-refractivity contribution in [2.24, 2.45) is 0 Å². The van der Waals surface area contributed by atoms with Crippen molar-refractivity contribution in [1.82, 2.24) is 5.32 Å². The van der Waals surface area contributed by atoms with E-state index in [2.05, 4.69) is 29.6 Å². The summed E-state index contributed by atoms with van der Waals surface area (Å²) in [5.74, 6) is -0.892. The molecule has 0 aromatic heterocycles. The summed E-state index contributed by atoms with van der Waals surface area (Å²) in [7, 11) is 0. The van der Waals surface area contributed by atoms with Crippen molar-refractivity contribution in [3.05, 3.63) is 71.0 Å². The van der Waals surface area contributed by atoms with E-state index in [1.807, 2.05) is 19.1 Å². The van der Waals surface area contributed by atoms with Crippen LogP contribution in [-0.4, -0.2) is 11.1 Å². The molecule has 0 fully saturated rings. The van der Waals surface area contributed by atoms with Gasteiger partial charge in [-0.2, -0.15) is 0 Å². The van der Waals surface area contributed by atoms with E-state index in [1.54, 1.807) is 12.1 Å². The number of allylic oxidation sites excluding steroid dienone is 5. The first-order chi connectivity index (χ1) is 9.19. The molecule has 19 heavy (non-hydrogen) atoms. The van der Waals surface area contributed by atoms with Crippen molar-refractivity contribution in [3.63, 3.8) is 0 Å². The van der Waals surface area contributed by atoms with Crippen LogP contribution in [0.1, 0.15) is 29.3 Å². The molecule has 1 aliphatic carbocycles. The number of rotatable bonds is 4. The van der Waals surface area contributed by atoms with E-state index in [1.165, 1.54) is 5.57 Å². The summed E-state index contributed by atoms with van der Waals surface area (Å²) in [6.45, 7) is 2.73. The van der Waals surface area contributed by atoms with Gasteiger partial charge in [0.2, 0.25) is 0 Å². The van der Waals surface area contributed by atoms with Gasteiger partial charge in [-0.05, 0) is 42.7 Å². The Balaban J connectivity index is 1.91. The maximum Gasteiger partial charge on any atom is 0.335 e. The Morgan fingerprint density at radius 3 is 2.58 bits per heavy atom. The second-order valence-corrected chi connectivity index (χ2v) is 4.42. The van der Waals surface area contributed by atoms with Gasteiger partial charge in [0.15, 0.2) is 0 Å². The molecule has 0 unspecified atom stereocenters. The molecule has 1 aromatic carbocycles. The van der Waals surface area contributed by atoms with Crippen LogP contribution in [0.3, 0.4) is 0 Å². The molecule has 1 aromatic rings. The first kappa shape index (κ1) is 13.1. The second-order valence-electron chi connectivity index (χ2n) is 4.42. The number of carboxylic acids is 1. The lowest BCUT2D eigenvalue weighted by atomic mass is 10.1. The van der Waals surface area contributed by atoms with E-state index in [4.69, 9.17) is 5.11 Å². The molecule has 0 atom stereocenters. The van der Waals surface area contributed by atoms with Gasteiger partial charge in [0.05, 0.1) is 5.56 Å². The molecule has 0 aliphatic heterocycles. The predicted molar refractivity (Wildman–Crippen MR) is 75.8 cm³/mol. The van der Waals surface area contributed by atoms with Crippen molar-refractivity contribution >= 4 is 5.97 Å². The number of hydrogen-bond donors (Lipinski definition) is 2. The molecular formula is C16H17NO2. The molecule has 2 rings (SSSR count). The fourth-order valence-corrected chi connectivity index (χ4v) is 1.88. The zero-order chi connectivity index (χ0) is 13.7. The van der Waals surface area contributed by atoms with E-state index in [-0.39, 0.29) is 0 Å². The zero-order valence-electron chi connectivity index (χ0n) is 10.9. The van der Waals surface area contributed by atoms with Crippen LogP contribution in [-0.2, 0) is 6.54 Å². The molecule has 0 heterocycles. The summed E-state index contributed by atoms with van der Waals surface area (Å²) >= 11 is 0. The second kappa shape index (κ2) is 6.05. The number of aromatic carboxylic acids is 1. The van der Waals surface area contributed by atoms with E-state index in [0.29, 0.717) is 12.1 Å². The number of carboxylic acid groups (broad SMARTS) is 1. The lowest BCUT2D eigenvalue weighted by Crippen LogP contribution is -2.12. The molecule has 3 nitrogen and oxygen atoms in total. The fourth-order valence-electron chi connectivity index (χ4n) is 1.88. The van der Waals surface area contributed by atoms with Gasteiger partial charge < -0.3 is 10.4 Å². The van der Waals surface area contributed by atoms with Crippen LogP contribution in [0.15, 0.2) is 59.8 Å². The van der Waals surface area contributed by atoms with E-state index >= 15 is 0 Å². The molecule has 3 heteroatoms. The number of hydrogen-bond acceptors (Lipinski definition) is 2. The number of nitrogens with one attached hydrogen (secondary N) is 1. The highest BCUT2D eigenvalue weighted by Gasteiger charge is 2.03. The Bertz CT molecular complexity index is 551. The number of carbonyl (C=O) groups is 1. The average molecular weight is 255 g/mol. The van der Waals surface area contributed by atoms with E-state index in [0.717, 1.165) is 17.7 Å². The SMILES string of the molecule is CC=C1C=CC(NCc2ccc(C(=O)O)cc2)=CC1. The maximum atomic E-state index is 10.7. The summed E-state index contributed by atoms with van der Waals surface area (Å²) in [5, 5.41) is 12.1. The molecule has 0 saturated heterocycles. The third-order valence-corrected chi connectivity index (χ3v) is 3.10. The van der Waals surface area contributed by atoms with Gasteiger partial charge in [0.25, 0.3) is 0 Å². The summed E-state index contributed by atoms with van der Waals surface area (Å²) in [6, 6.07) is 6.92. The lowest BCUT2D eigenvalue weighted by Gasteiger charge is -2.12. The van der Waals surface area contributed by atoms with Crippen LogP contribution in [0.25, 0.3) is 0 Å². The Morgan fingerprint density at radius 1 is 1.32 bits per heavy atom. The first-order valence-electron chi connectivity index (χ1n) is 6.28. The lowest BCUT2D eigenvalue weighted by molar-refractivity contribution is 0.0697. The Hall–Kier alpha value is -2.29. The molecule has 0 radical (unpaired) electrons. The van der Waals surface area contributed by atoms with Gasteiger partial charge in [0.1, 0.15) is 0 Å². The Kier molecular flexibility index (Phi) is 4.18. The normalized spacial score (nSPS) is 16.3. The van der Waals surface area contributed by atoms with Crippen molar-refractivity contribution in [1.29, 1.82) is 0 Å². The van der Waals surface area contributed by atoms with Crippen molar-refractivity contribution in [2.75, 3.05) is 0 Å². The molecule has 0 amide bonds. The third-order valence-electron chi connectivity index (χ3n) is 3.10. The molecule has 1 aliphatic rings. The summed E-state index contributed by atoms with van der Waals surface area (Å²) in [6.07, 6.45) is 9.38. The fraction of sp³-hybridized carbons (Fsp3) is 0.188. The van der Waals surface area contributed by atoms with Crippen LogP contribution in [0.2, 0.25) is 0 Å². The molecule has 98 valence electrons. The van der Waals surface area contributed by atoms with Gasteiger partial charge in [-0.15, -0.1) is 0 Å². The highest BCUT2D eigenvalue weighted by atomic mass is 16.4. The third kappa shape index (κ3) is 3.58. The first-order valence-corrected chi connectivity index (χ1v) is 6.28. The zero-order valence-corrected chi connectivity index (χ0v) is 10.9. The Labute approximate surface area is 113 Å². The van der Waals surface area contributed by atoms with Crippen LogP contribution in [0, 0.1) is 0 Å². The number of benzene rings is 1. The quantitative estimate of drug-likeness (QED) is 0.868. The average Bonchev–Trinajstić information content (AvgIpc) is 2.46. The van der Waals surface area contributed by atoms with Crippen LogP contribution in [0.5, 0.6) is 0 Å². The maximum absolute atomic E-state index is 10.7. The molecular weight excluding hydrogens is 238 g/mol. The minimum absolute atomic E-state index is 0.318. The molecule has 2 N–H and O–H groups in total. The standard InChI is InChI=1S/C16H17NO2/c1-2-12-5-9-15(10-6-12)17-11-13-3-7-14(8-4-13)16(18)19/h2-5,7-10,17H,6,11H2,1H3,(H,18,19). The van der Waals surface area contributed by atoms with Crippen LogP contribution < -0.4 is 5.32 Å². The van der Waals surface area contributed by atoms with Crippen molar-refractivity contribution in [3.8, 4) is 0 Å². The predicted octanol–water partition coefficient (Wildman–Crippen LogP) is 3.26. The van der Waals surface area contributed by atoms with Crippen LogP contribution in [0.4, 0.5) is 0 Å². The Morgan fingerprint density at radius 2 is 2.05 bits per heavy atom. The van der Waals surface area contributed by atoms with Crippen molar-refractivity contribution < 1.29 is 9.90 Å². The van der Waals surface area contributed by atoms with Gasteiger partial charge in [-0.25, -0.2) is 4.79 Å². The van der Waals surface area contributed by atoms with Gasteiger partial charge >= 0.3 is 5.97 Å². The van der Waals surface area contributed by atoms with Crippen LogP contribution >= 0.6 is 0 Å². The summed E-state index contributed by atoms with van der Waals surface area (Å²) in [4.78, 5) is 10.7. The van der Waals surface area contributed by atoms with Gasteiger partial charge in [-0.1, -0.05) is 30.4 Å². The molecule has 0 spiro atoms. The van der Waals surface area contributed by atoms with Crippen molar-refractivity contribution in [2.45, 2.75) is 19.9 Å². The summed E-state index contributed by atoms with van der Waals surface area (Å²) < 4.78 is 0.